The van der Waals surface area contributed by atoms with Crippen LogP contribution in [0.25, 0.3) is 6.08 Å². The van der Waals surface area contributed by atoms with Crippen molar-refractivity contribution < 1.29 is 14.3 Å². The third kappa shape index (κ3) is 3.95. The predicted octanol–water partition coefficient (Wildman–Crippen LogP) is 4.36. The molecule has 0 aliphatic heterocycles. The van der Waals surface area contributed by atoms with E-state index in [1.54, 1.807) is 38.5 Å². The highest BCUT2D eigenvalue weighted by atomic mass is 79.9. The first-order valence-corrected chi connectivity index (χ1v) is 7.13. The molecular weight excluding hydrogens is 332 g/mol. The van der Waals surface area contributed by atoms with Crippen molar-refractivity contribution >= 4 is 27.8 Å². The molecular formula is C17H15BrO3. The molecule has 0 heterocycles. The molecule has 0 aliphatic rings. The van der Waals surface area contributed by atoms with Gasteiger partial charge in [0.2, 0.25) is 0 Å². The minimum Gasteiger partial charge on any atom is -0.497 e. The quantitative estimate of drug-likeness (QED) is 0.595. The van der Waals surface area contributed by atoms with Gasteiger partial charge >= 0.3 is 0 Å². The van der Waals surface area contributed by atoms with Gasteiger partial charge in [-0.1, -0.05) is 15.9 Å². The molecule has 21 heavy (non-hydrogen) atoms. The lowest BCUT2D eigenvalue weighted by Crippen LogP contribution is -1.94. The monoisotopic (exact) mass is 346 g/mol. The Morgan fingerprint density at radius 3 is 2.38 bits per heavy atom. The van der Waals surface area contributed by atoms with E-state index in [0.717, 1.165) is 10.0 Å². The first-order chi connectivity index (χ1) is 10.1. The maximum absolute atomic E-state index is 12.1. The van der Waals surface area contributed by atoms with Crippen molar-refractivity contribution in [2.24, 2.45) is 0 Å². The largest absolute Gasteiger partial charge is 0.497 e. The zero-order valence-corrected chi connectivity index (χ0v) is 13.4. The van der Waals surface area contributed by atoms with Gasteiger partial charge in [-0.05, 0) is 48.6 Å². The van der Waals surface area contributed by atoms with Crippen molar-refractivity contribution in [3.63, 3.8) is 0 Å². The summed E-state index contributed by atoms with van der Waals surface area (Å²) in [7, 11) is 3.18. The highest BCUT2D eigenvalue weighted by Crippen LogP contribution is 2.25. The normalized spacial score (nSPS) is 10.6. The first-order valence-electron chi connectivity index (χ1n) is 6.34. The first kappa shape index (κ1) is 15.3. The van der Waals surface area contributed by atoms with E-state index >= 15 is 0 Å². The van der Waals surface area contributed by atoms with Gasteiger partial charge in [-0.25, -0.2) is 0 Å². The van der Waals surface area contributed by atoms with Gasteiger partial charge in [0.1, 0.15) is 11.5 Å². The van der Waals surface area contributed by atoms with Crippen LogP contribution in [0, 0.1) is 0 Å². The molecule has 0 saturated carbocycles. The van der Waals surface area contributed by atoms with Crippen LogP contribution in [0.15, 0.2) is 53.0 Å². The van der Waals surface area contributed by atoms with E-state index < -0.39 is 0 Å². The van der Waals surface area contributed by atoms with Crippen molar-refractivity contribution in [1.82, 2.24) is 0 Å². The summed E-state index contributed by atoms with van der Waals surface area (Å²) < 4.78 is 11.4. The average molecular weight is 347 g/mol. The molecule has 0 N–H and O–H groups in total. The van der Waals surface area contributed by atoms with Crippen molar-refractivity contribution in [2.75, 3.05) is 14.2 Å². The van der Waals surface area contributed by atoms with E-state index in [1.807, 2.05) is 24.3 Å². The minimum atomic E-state index is -0.0552. The second-order valence-corrected chi connectivity index (χ2v) is 5.23. The molecule has 0 spiro atoms. The number of methoxy groups -OCH3 is 2. The van der Waals surface area contributed by atoms with Gasteiger partial charge in [0.25, 0.3) is 0 Å². The van der Waals surface area contributed by atoms with E-state index in [2.05, 4.69) is 15.9 Å². The third-order valence-electron chi connectivity index (χ3n) is 2.98. The fraction of sp³-hybridized carbons (Fsp3) is 0.118. The van der Waals surface area contributed by atoms with Crippen LogP contribution in [0.2, 0.25) is 0 Å². The second-order valence-electron chi connectivity index (χ2n) is 4.31. The SMILES string of the molecule is COc1ccc(/C=C/C(=O)c2ccc(Br)cc2)c(OC)c1. The van der Waals surface area contributed by atoms with E-state index in [4.69, 9.17) is 9.47 Å². The van der Waals surface area contributed by atoms with E-state index in [0.29, 0.717) is 17.1 Å². The van der Waals surface area contributed by atoms with Crippen molar-refractivity contribution in [3.05, 3.63) is 64.1 Å². The summed E-state index contributed by atoms with van der Waals surface area (Å²) in [6.07, 6.45) is 3.27. The number of carbonyl (C=O) groups excluding carboxylic acids is 1. The summed E-state index contributed by atoms with van der Waals surface area (Å²) in [5.74, 6) is 1.32. The summed E-state index contributed by atoms with van der Waals surface area (Å²) in [6, 6.07) is 12.7. The van der Waals surface area contributed by atoms with Gasteiger partial charge in [0, 0.05) is 21.7 Å². The summed E-state index contributed by atoms with van der Waals surface area (Å²) in [5.41, 5.74) is 1.46. The van der Waals surface area contributed by atoms with Gasteiger partial charge in [0.05, 0.1) is 14.2 Å². The van der Waals surface area contributed by atoms with Crippen LogP contribution in [0.3, 0.4) is 0 Å². The fourth-order valence-corrected chi connectivity index (χ4v) is 2.10. The number of hydrogen-bond donors (Lipinski definition) is 0. The van der Waals surface area contributed by atoms with Crippen LogP contribution in [0.4, 0.5) is 0 Å². The van der Waals surface area contributed by atoms with Crippen LogP contribution >= 0.6 is 15.9 Å². The molecule has 2 rings (SSSR count). The topological polar surface area (TPSA) is 35.5 Å². The lowest BCUT2D eigenvalue weighted by molar-refractivity contribution is 0.104. The van der Waals surface area contributed by atoms with Gasteiger partial charge in [-0.2, -0.15) is 0 Å². The van der Waals surface area contributed by atoms with E-state index in [-0.39, 0.29) is 5.78 Å². The number of rotatable bonds is 5. The van der Waals surface area contributed by atoms with E-state index in [9.17, 15) is 4.79 Å². The number of ketones is 1. The highest BCUT2D eigenvalue weighted by Gasteiger charge is 2.04. The standard InChI is InChI=1S/C17H15BrO3/c1-20-15-9-5-13(17(11-15)21-2)6-10-16(19)12-3-7-14(18)8-4-12/h3-11H,1-2H3/b10-6+. The van der Waals surface area contributed by atoms with Gasteiger partial charge in [0.15, 0.2) is 5.78 Å². The summed E-state index contributed by atoms with van der Waals surface area (Å²) >= 11 is 3.34. The molecule has 0 aromatic heterocycles. The molecule has 2 aromatic carbocycles. The second kappa shape index (κ2) is 7.09. The number of ether oxygens (including phenoxy) is 2. The van der Waals surface area contributed by atoms with Crippen molar-refractivity contribution in [3.8, 4) is 11.5 Å². The van der Waals surface area contributed by atoms with Gasteiger partial charge in [-0.15, -0.1) is 0 Å². The Bertz CT molecular complexity index is 660. The molecule has 0 unspecified atom stereocenters. The van der Waals surface area contributed by atoms with Crippen LogP contribution in [0.5, 0.6) is 11.5 Å². The number of halogens is 1. The molecule has 108 valence electrons. The number of benzene rings is 2. The zero-order chi connectivity index (χ0) is 15.2. The van der Waals surface area contributed by atoms with Crippen LogP contribution in [0.1, 0.15) is 15.9 Å². The van der Waals surface area contributed by atoms with Gasteiger partial charge < -0.3 is 9.47 Å². The molecule has 0 atom stereocenters. The maximum Gasteiger partial charge on any atom is 0.185 e. The molecule has 0 bridgehead atoms. The fourth-order valence-electron chi connectivity index (χ4n) is 1.83. The highest BCUT2D eigenvalue weighted by molar-refractivity contribution is 9.10. The average Bonchev–Trinajstić information content (AvgIpc) is 2.53. The molecule has 3 nitrogen and oxygen atoms in total. The Balaban J connectivity index is 2.20. The molecule has 4 heteroatoms. The van der Waals surface area contributed by atoms with E-state index in [1.165, 1.54) is 6.08 Å². The third-order valence-corrected chi connectivity index (χ3v) is 3.51. The molecule has 0 fully saturated rings. The van der Waals surface area contributed by atoms with Crippen LogP contribution in [-0.2, 0) is 0 Å². The van der Waals surface area contributed by atoms with Crippen molar-refractivity contribution in [2.45, 2.75) is 0 Å². The predicted molar refractivity (Wildman–Crippen MR) is 87.1 cm³/mol. The zero-order valence-electron chi connectivity index (χ0n) is 11.8. The minimum absolute atomic E-state index is 0.0552. The number of carbonyl (C=O) groups is 1. The molecule has 0 amide bonds. The summed E-state index contributed by atoms with van der Waals surface area (Å²) in [5, 5.41) is 0. The van der Waals surface area contributed by atoms with Gasteiger partial charge in [-0.3, -0.25) is 4.79 Å². The van der Waals surface area contributed by atoms with Crippen LogP contribution in [-0.4, -0.2) is 20.0 Å². The molecule has 0 radical (unpaired) electrons. The number of allylic oxidation sites excluding steroid dienone is 1. The lowest BCUT2D eigenvalue weighted by Gasteiger charge is -2.07. The summed E-state index contributed by atoms with van der Waals surface area (Å²) in [4.78, 5) is 12.1. The Morgan fingerprint density at radius 2 is 1.76 bits per heavy atom. The van der Waals surface area contributed by atoms with Crippen molar-refractivity contribution in [1.29, 1.82) is 0 Å². The molecule has 2 aromatic rings. The van der Waals surface area contributed by atoms with Crippen LogP contribution < -0.4 is 9.47 Å². The Hall–Kier alpha value is -2.07. The number of hydrogen-bond acceptors (Lipinski definition) is 3. The summed E-state index contributed by atoms with van der Waals surface area (Å²) in [6.45, 7) is 0. The Morgan fingerprint density at radius 1 is 1.05 bits per heavy atom. The smallest absolute Gasteiger partial charge is 0.185 e. The Kier molecular flexibility index (Phi) is 5.17. The molecule has 0 aliphatic carbocycles. The molecule has 0 saturated heterocycles. The Labute approximate surface area is 132 Å². The lowest BCUT2D eigenvalue weighted by atomic mass is 10.1. The maximum atomic E-state index is 12.1.